The van der Waals surface area contributed by atoms with Gasteiger partial charge in [0.25, 0.3) is 5.91 Å². The first-order chi connectivity index (χ1) is 14.0. The van der Waals surface area contributed by atoms with Gasteiger partial charge in [-0.3, -0.25) is 4.79 Å². The third kappa shape index (κ3) is 4.27. The molecule has 0 atom stereocenters. The maximum atomic E-state index is 12.8. The predicted octanol–water partition coefficient (Wildman–Crippen LogP) is 6.15. The number of aromatic nitrogens is 3. The lowest BCUT2D eigenvalue weighted by Gasteiger charge is -2.06. The van der Waals surface area contributed by atoms with E-state index in [4.69, 9.17) is 34.8 Å². The molecule has 1 N–H and O–H groups in total. The summed E-state index contributed by atoms with van der Waals surface area (Å²) in [6.07, 6.45) is 0. The Balaban J connectivity index is 1.75. The fourth-order valence-corrected chi connectivity index (χ4v) is 3.39. The molecule has 4 aromatic rings. The summed E-state index contributed by atoms with van der Waals surface area (Å²) >= 11 is 18.2. The van der Waals surface area contributed by atoms with Crippen molar-refractivity contribution in [2.45, 2.75) is 0 Å². The Morgan fingerprint density at radius 3 is 2.34 bits per heavy atom. The van der Waals surface area contributed by atoms with Gasteiger partial charge in [0, 0.05) is 15.6 Å². The Bertz CT molecular complexity index is 1190. The Hall–Kier alpha value is -2.86. The molecule has 0 bridgehead atoms. The maximum absolute atomic E-state index is 12.8. The van der Waals surface area contributed by atoms with Gasteiger partial charge in [-0.15, -0.1) is 5.10 Å². The van der Waals surface area contributed by atoms with Crippen molar-refractivity contribution in [3.05, 3.63) is 93.7 Å². The van der Waals surface area contributed by atoms with Crippen molar-refractivity contribution in [2.24, 2.45) is 0 Å². The number of anilines is 1. The molecule has 1 amide bonds. The van der Waals surface area contributed by atoms with Crippen LogP contribution in [0.4, 0.5) is 5.69 Å². The van der Waals surface area contributed by atoms with Crippen molar-refractivity contribution in [2.75, 3.05) is 5.32 Å². The molecule has 0 radical (unpaired) electrons. The zero-order chi connectivity index (χ0) is 20.4. The van der Waals surface area contributed by atoms with Gasteiger partial charge < -0.3 is 5.32 Å². The van der Waals surface area contributed by atoms with E-state index in [1.165, 1.54) is 0 Å². The van der Waals surface area contributed by atoms with Crippen LogP contribution in [0.3, 0.4) is 0 Å². The fraction of sp³-hybridized carbons (Fsp3) is 0. The highest BCUT2D eigenvalue weighted by molar-refractivity contribution is 6.36. The molecule has 0 saturated heterocycles. The number of hydrogen-bond acceptors (Lipinski definition) is 3. The molecule has 8 heteroatoms. The summed E-state index contributed by atoms with van der Waals surface area (Å²) in [6, 6.07) is 21.4. The number of carbonyl (C=O) groups excluding carboxylic acids is 1. The Morgan fingerprint density at radius 1 is 0.862 bits per heavy atom. The van der Waals surface area contributed by atoms with Crippen LogP contribution >= 0.6 is 34.8 Å². The van der Waals surface area contributed by atoms with Crippen molar-refractivity contribution in [3.8, 4) is 17.1 Å². The third-order valence-electron chi connectivity index (χ3n) is 4.07. The average molecular weight is 444 g/mol. The lowest BCUT2D eigenvalue weighted by Crippen LogP contribution is -2.14. The summed E-state index contributed by atoms with van der Waals surface area (Å²) in [5.41, 5.74) is 1.91. The number of hydrogen-bond donors (Lipinski definition) is 1. The molecule has 1 heterocycles. The highest BCUT2D eigenvalue weighted by atomic mass is 35.5. The highest BCUT2D eigenvalue weighted by Crippen LogP contribution is 2.27. The summed E-state index contributed by atoms with van der Waals surface area (Å²) in [4.78, 5) is 17.2. The molecule has 3 aromatic carbocycles. The van der Waals surface area contributed by atoms with E-state index in [9.17, 15) is 4.79 Å². The molecule has 29 heavy (non-hydrogen) atoms. The average Bonchev–Trinajstić information content (AvgIpc) is 3.16. The number of nitrogens with one attached hydrogen (secondary N) is 1. The minimum atomic E-state index is -0.493. The number of nitrogens with zero attached hydrogens (tertiary/aromatic N) is 3. The minimum Gasteiger partial charge on any atom is -0.318 e. The van der Waals surface area contributed by atoms with Crippen LogP contribution in [0, 0.1) is 0 Å². The van der Waals surface area contributed by atoms with E-state index in [1.807, 2.05) is 42.5 Å². The van der Waals surface area contributed by atoms with E-state index >= 15 is 0 Å². The van der Waals surface area contributed by atoms with Crippen LogP contribution in [0.25, 0.3) is 17.1 Å². The molecule has 0 saturated carbocycles. The number of para-hydroxylation sites is 1. The quantitative estimate of drug-likeness (QED) is 0.412. The van der Waals surface area contributed by atoms with E-state index in [0.29, 0.717) is 26.6 Å². The normalized spacial score (nSPS) is 10.7. The molecule has 5 nitrogen and oxygen atoms in total. The van der Waals surface area contributed by atoms with Crippen LogP contribution in [-0.2, 0) is 0 Å². The van der Waals surface area contributed by atoms with Crippen molar-refractivity contribution in [1.29, 1.82) is 0 Å². The van der Waals surface area contributed by atoms with Gasteiger partial charge in [-0.25, -0.2) is 9.67 Å². The van der Waals surface area contributed by atoms with Gasteiger partial charge in [-0.1, -0.05) is 65.1 Å². The predicted molar refractivity (Wildman–Crippen MR) is 116 cm³/mol. The molecule has 1 aromatic heterocycles. The van der Waals surface area contributed by atoms with Gasteiger partial charge in [-0.05, 0) is 42.5 Å². The maximum Gasteiger partial charge on any atom is 0.295 e. The van der Waals surface area contributed by atoms with Crippen LogP contribution in [0.5, 0.6) is 0 Å². The molecular formula is C21H13Cl3N4O. The Morgan fingerprint density at radius 2 is 1.62 bits per heavy atom. The molecule has 0 aliphatic carbocycles. The molecule has 0 fully saturated rings. The van der Waals surface area contributed by atoms with E-state index in [1.54, 1.807) is 35.0 Å². The minimum absolute atomic E-state index is 0.00477. The van der Waals surface area contributed by atoms with Crippen LogP contribution in [-0.4, -0.2) is 20.7 Å². The highest BCUT2D eigenvalue weighted by Gasteiger charge is 2.20. The monoisotopic (exact) mass is 442 g/mol. The van der Waals surface area contributed by atoms with Crippen molar-refractivity contribution < 1.29 is 4.79 Å². The molecule has 0 unspecified atom stereocenters. The van der Waals surface area contributed by atoms with Crippen LogP contribution < -0.4 is 5.32 Å². The van der Waals surface area contributed by atoms with Crippen LogP contribution in [0.2, 0.25) is 15.1 Å². The second-order valence-corrected chi connectivity index (χ2v) is 7.38. The first-order valence-electron chi connectivity index (χ1n) is 8.56. The molecule has 0 aliphatic heterocycles. The van der Waals surface area contributed by atoms with E-state index in [-0.39, 0.29) is 5.82 Å². The second-order valence-electron chi connectivity index (χ2n) is 6.10. The van der Waals surface area contributed by atoms with Crippen molar-refractivity contribution >= 4 is 46.4 Å². The number of rotatable bonds is 4. The van der Waals surface area contributed by atoms with Gasteiger partial charge in [0.2, 0.25) is 5.82 Å². The van der Waals surface area contributed by atoms with E-state index in [0.717, 1.165) is 11.3 Å². The first-order valence-corrected chi connectivity index (χ1v) is 9.69. The smallest absolute Gasteiger partial charge is 0.295 e. The molecular weight excluding hydrogens is 431 g/mol. The molecule has 0 aliphatic rings. The third-order valence-corrected chi connectivity index (χ3v) is 4.86. The summed E-state index contributed by atoms with van der Waals surface area (Å²) < 4.78 is 1.60. The summed E-state index contributed by atoms with van der Waals surface area (Å²) in [7, 11) is 0. The van der Waals surface area contributed by atoms with Gasteiger partial charge in [0.1, 0.15) is 0 Å². The zero-order valence-electron chi connectivity index (χ0n) is 14.8. The molecule has 144 valence electrons. The van der Waals surface area contributed by atoms with Gasteiger partial charge in [-0.2, -0.15) is 0 Å². The fourth-order valence-electron chi connectivity index (χ4n) is 2.74. The zero-order valence-corrected chi connectivity index (χ0v) is 17.1. The number of halogens is 3. The molecule has 0 spiro atoms. The lowest BCUT2D eigenvalue weighted by molar-refractivity contribution is 0.101. The van der Waals surface area contributed by atoms with Crippen molar-refractivity contribution in [3.63, 3.8) is 0 Å². The van der Waals surface area contributed by atoms with E-state index in [2.05, 4.69) is 15.4 Å². The van der Waals surface area contributed by atoms with Crippen molar-refractivity contribution in [1.82, 2.24) is 14.8 Å². The van der Waals surface area contributed by atoms with Gasteiger partial charge >= 0.3 is 0 Å². The lowest BCUT2D eigenvalue weighted by atomic mass is 10.2. The van der Waals surface area contributed by atoms with E-state index < -0.39 is 5.91 Å². The summed E-state index contributed by atoms with van der Waals surface area (Å²) in [5.74, 6) is -0.00641. The Kier molecular flexibility index (Phi) is 5.53. The van der Waals surface area contributed by atoms with Crippen LogP contribution in [0.15, 0.2) is 72.8 Å². The number of benzene rings is 3. The van der Waals surface area contributed by atoms with Gasteiger partial charge in [0.05, 0.1) is 16.4 Å². The van der Waals surface area contributed by atoms with Gasteiger partial charge in [0.15, 0.2) is 5.82 Å². The Labute approximate surface area is 181 Å². The first kappa shape index (κ1) is 19.5. The summed E-state index contributed by atoms with van der Waals surface area (Å²) in [6.45, 7) is 0. The molecule has 4 rings (SSSR count). The van der Waals surface area contributed by atoms with Crippen LogP contribution in [0.1, 0.15) is 10.6 Å². The topological polar surface area (TPSA) is 59.8 Å². The number of carbonyl (C=O) groups is 1. The SMILES string of the molecule is O=C(Nc1ccc(Cl)cc1Cl)c1nc(-c2cccc(Cl)c2)n(-c2ccccc2)n1. The number of amides is 1. The largest absolute Gasteiger partial charge is 0.318 e. The summed E-state index contributed by atoms with van der Waals surface area (Å²) in [5, 5.41) is 8.48. The second kappa shape index (κ2) is 8.25. The standard InChI is InChI=1S/C21H13Cl3N4O/c22-14-6-4-5-13(11-14)20-26-19(27-28(20)16-7-2-1-3-8-16)21(29)25-18-10-9-15(23)12-17(18)24/h1-12H,(H,25,29).